The first-order valence-corrected chi connectivity index (χ1v) is 9.01. The van der Waals surface area contributed by atoms with Gasteiger partial charge in [-0.2, -0.15) is 0 Å². The molecule has 0 aromatic heterocycles. The van der Waals surface area contributed by atoms with Gasteiger partial charge in [-0.25, -0.2) is 4.79 Å². The number of hydrogen-bond donors (Lipinski definition) is 0. The number of amides is 1. The van der Waals surface area contributed by atoms with E-state index in [1.54, 1.807) is 29.2 Å². The second-order valence-electron chi connectivity index (χ2n) is 6.44. The highest BCUT2D eigenvalue weighted by Gasteiger charge is 2.30. The Hall–Kier alpha value is -3.48. The lowest BCUT2D eigenvalue weighted by Crippen LogP contribution is -2.34. The van der Waals surface area contributed by atoms with Gasteiger partial charge in [-0.3, -0.25) is 14.9 Å². The van der Waals surface area contributed by atoms with Crippen molar-refractivity contribution in [2.45, 2.75) is 18.9 Å². The van der Waals surface area contributed by atoms with E-state index in [2.05, 4.69) is 0 Å². The molecule has 28 heavy (non-hydrogen) atoms. The molecule has 3 rings (SSSR count). The molecule has 1 aliphatic heterocycles. The van der Waals surface area contributed by atoms with Gasteiger partial charge in [0.05, 0.1) is 4.92 Å². The predicted molar refractivity (Wildman–Crippen MR) is 103 cm³/mol. The minimum atomic E-state index is -0.992. The maximum atomic E-state index is 12.8. The lowest BCUT2D eigenvalue weighted by molar-refractivity contribution is -0.384. The molecule has 7 heteroatoms. The molecule has 1 aliphatic rings. The number of nitro groups is 1. The quantitative estimate of drug-likeness (QED) is 0.331. The number of ether oxygens (including phenoxy) is 1. The number of non-ortho nitro benzene ring substituents is 1. The zero-order chi connectivity index (χ0) is 19.9. The van der Waals surface area contributed by atoms with Crippen molar-refractivity contribution in [2.24, 2.45) is 0 Å². The maximum absolute atomic E-state index is 12.8. The third-order valence-electron chi connectivity index (χ3n) is 4.49. The average Bonchev–Trinajstić information content (AvgIpc) is 3.26. The van der Waals surface area contributed by atoms with E-state index in [0.29, 0.717) is 24.2 Å². The molecule has 0 aliphatic carbocycles. The van der Waals surface area contributed by atoms with Crippen molar-refractivity contribution in [3.63, 3.8) is 0 Å². The van der Waals surface area contributed by atoms with Crippen molar-refractivity contribution < 1.29 is 19.2 Å². The van der Waals surface area contributed by atoms with Gasteiger partial charge >= 0.3 is 5.97 Å². The fourth-order valence-corrected chi connectivity index (χ4v) is 3.02. The molecule has 0 spiro atoms. The lowest BCUT2D eigenvalue weighted by atomic mass is 10.1. The Kier molecular flexibility index (Phi) is 6.16. The number of carbonyl (C=O) groups excluding carboxylic acids is 2. The first kappa shape index (κ1) is 19.3. The normalized spacial score (nSPS) is 14.8. The van der Waals surface area contributed by atoms with E-state index in [9.17, 15) is 19.7 Å². The largest absolute Gasteiger partial charge is 0.444 e. The van der Waals surface area contributed by atoms with Crippen molar-refractivity contribution in [2.75, 3.05) is 13.1 Å². The minimum absolute atomic E-state index is 0.0277. The van der Waals surface area contributed by atoms with Crippen LogP contribution in [0.5, 0.6) is 0 Å². The number of nitro benzene ring substituents is 1. The number of carbonyl (C=O) groups is 2. The standard InChI is InChI=1S/C21H20N2O5/c24-19(13-10-16-8-11-18(12-9-16)23(26)27)28-20(17-6-2-1-3-7-17)21(25)22-14-4-5-15-22/h1-3,6-13,20H,4-5,14-15H2/b13-10+/t20-/m1/s1. The summed E-state index contributed by atoms with van der Waals surface area (Å²) in [6.07, 6.45) is 3.61. The van der Waals surface area contributed by atoms with Crippen LogP contribution in [0, 0.1) is 10.1 Å². The van der Waals surface area contributed by atoms with Gasteiger partial charge in [0.2, 0.25) is 6.10 Å². The first-order valence-electron chi connectivity index (χ1n) is 9.01. The molecule has 144 valence electrons. The Morgan fingerprint density at radius 1 is 1.04 bits per heavy atom. The molecule has 1 saturated heterocycles. The first-order chi connectivity index (χ1) is 13.5. The van der Waals surface area contributed by atoms with Gasteiger partial charge in [0.1, 0.15) is 0 Å². The second-order valence-corrected chi connectivity index (χ2v) is 6.44. The number of nitrogens with zero attached hydrogens (tertiary/aromatic N) is 2. The van der Waals surface area contributed by atoms with Crippen LogP contribution in [-0.4, -0.2) is 34.8 Å². The molecule has 0 unspecified atom stereocenters. The molecular weight excluding hydrogens is 360 g/mol. The van der Waals surface area contributed by atoms with Crippen molar-refractivity contribution in [1.29, 1.82) is 0 Å². The number of benzene rings is 2. The summed E-state index contributed by atoms with van der Waals surface area (Å²) in [5, 5.41) is 10.7. The van der Waals surface area contributed by atoms with Crippen molar-refractivity contribution >= 4 is 23.6 Å². The third-order valence-corrected chi connectivity index (χ3v) is 4.49. The highest BCUT2D eigenvalue weighted by Crippen LogP contribution is 2.23. The Labute approximate surface area is 162 Å². The molecule has 1 amide bonds. The summed E-state index contributed by atoms with van der Waals surface area (Å²) in [5.74, 6) is -0.875. The summed E-state index contributed by atoms with van der Waals surface area (Å²) < 4.78 is 5.47. The average molecular weight is 380 g/mol. The summed E-state index contributed by atoms with van der Waals surface area (Å²) in [7, 11) is 0. The van der Waals surface area contributed by atoms with Crippen LogP contribution in [-0.2, 0) is 14.3 Å². The highest BCUT2D eigenvalue weighted by atomic mass is 16.6. The zero-order valence-corrected chi connectivity index (χ0v) is 15.2. The minimum Gasteiger partial charge on any atom is -0.444 e. The molecule has 1 atom stereocenters. The fraction of sp³-hybridized carbons (Fsp3) is 0.238. The Bertz CT molecular complexity index is 871. The molecule has 7 nitrogen and oxygen atoms in total. The van der Waals surface area contributed by atoms with Crippen LogP contribution < -0.4 is 0 Å². The predicted octanol–water partition coefficient (Wildman–Crippen LogP) is 3.51. The monoisotopic (exact) mass is 380 g/mol. The SMILES string of the molecule is O=C(/C=C/c1ccc([N+](=O)[O-])cc1)O[C@@H](C(=O)N1CCCC1)c1ccccc1. The van der Waals surface area contributed by atoms with E-state index in [-0.39, 0.29) is 11.6 Å². The van der Waals surface area contributed by atoms with Gasteiger partial charge in [0.25, 0.3) is 11.6 Å². The Morgan fingerprint density at radius 2 is 1.68 bits per heavy atom. The van der Waals surface area contributed by atoms with E-state index in [1.807, 2.05) is 6.07 Å². The molecule has 2 aromatic carbocycles. The van der Waals surface area contributed by atoms with Crippen LogP contribution in [0.25, 0.3) is 6.08 Å². The van der Waals surface area contributed by atoms with E-state index in [0.717, 1.165) is 12.8 Å². The molecule has 0 bridgehead atoms. The molecule has 2 aromatic rings. The summed E-state index contributed by atoms with van der Waals surface area (Å²) in [5.41, 5.74) is 1.21. The van der Waals surface area contributed by atoms with Crippen LogP contribution in [0.4, 0.5) is 5.69 Å². The van der Waals surface area contributed by atoms with Crippen molar-refractivity contribution in [3.05, 3.63) is 81.9 Å². The van der Waals surface area contributed by atoms with Crippen LogP contribution in [0.2, 0.25) is 0 Å². The van der Waals surface area contributed by atoms with Gasteiger partial charge in [0, 0.05) is 36.9 Å². The van der Waals surface area contributed by atoms with E-state index in [1.165, 1.54) is 36.4 Å². The van der Waals surface area contributed by atoms with Gasteiger partial charge in [-0.1, -0.05) is 30.3 Å². The van der Waals surface area contributed by atoms with Crippen molar-refractivity contribution in [1.82, 2.24) is 4.90 Å². The summed E-state index contributed by atoms with van der Waals surface area (Å²) in [6, 6.07) is 14.7. The van der Waals surface area contributed by atoms with Crippen LogP contribution in [0.1, 0.15) is 30.1 Å². The van der Waals surface area contributed by atoms with E-state index in [4.69, 9.17) is 4.74 Å². The number of hydrogen-bond acceptors (Lipinski definition) is 5. The fourth-order valence-electron chi connectivity index (χ4n) is 3.02. The van der Waals surface area contributed by atoms with Crippen molar-refractivity contribution in [3.8, 4) is 0 Å². The van der Waals surface area contributed by atoms with Crippen LogP contribution in [0.3, 0.4) is 0 Å². The Morgan fingerprint density at radius 3 is 2.29 bits per heavy atom. The summed E-state index contributed by atoms with van der Waals surface area (Å²) in [6.45, 7) is 1.33. The number of rotatable bonds is 6. The highest BCUT2D eigenvalue weighted by molar-refractivity contribution is 5.91. The van der Waals surface area contributed by atoms with Gasteiger partial charge in [-0.15, -0.1) is 0 Å². The van der Waals surface area contributed by atoms with E-state index >= 15 is 0 Å². The molecular formula is C21H20N2O5. The zero-order valence-electron chi connectivity index (χ0n) is 15.2. The lowest BCUT2D eigenvalue weighted by Gasteiger charge is -2.23. The second kappa shape index (κ2) is 8.94. The molecule has 1 heterocycles. The molecule has 0 saturated carbocycles. The summed E-state index contributed by atoms with van der Waals surface area (Å²) >= 11 is 0. The molecule has 1 fully saturated rings. The third kappa shape index (κ3) is 4.82. The topological polar surface area (TPSA) is 89.7 Å². The summed E-state index contributed by atoms with van der Waals surface area (Å²) in [4.78, 5) is 37.0. The van der Waals surface area contributed by atoms with Gasteiger partial charge in [0.15, 0.2) is 0 Å². The van der Waals surface area contributed by atoms with Gasteiger partial charge < -0.3 is 9.64 Å². The molecule has 0 N–H and O–H groups in total. The number of likely N-dealkylation sites (tertiary alicyclic amines) is 1. The molecule has 0 radical (unpaired) electrons. The van der Waals surface area contributed by atoms with Crippen LogP contribution >= 0.6 is 0 Å². The van der Waals surface area contributed by atoms with E-state index < -0.39 is 17.0 Å². The smallest absolute Gasteiger partial charge is 0.331 e. The number of esters is 1. The van der Waals surface area contributed by atoms with Gasteiger partial charge in [-0.05, 0) is 36.6 Å². The van der Waals surface area contributed by atoms with Crippen LogP contribution in [0.15, 0.2) is 60.7 Å². The Balaban J connectivity index is 1.71. The maximum Gasteiger partial charge on any atom is 0.331 e.